The zero-order valence-electron chi connectivity index (χ0n) is 27.5. The molecule has 0 saturated carbocycles. The predicted octanol–water partition coefficient (Wildman–Crippen LogP) is 8.13. The number of halogens is 16. The van der Waals surface area contributed by atoms with Crippen molar-refractivity contribution in [1.29, 1.82) is 0 Å². The third-order valence-corrected chi connectivity index (χ3v) is 7.46. The van der Waals surface area contributed by atoms with Crippen LogP contribution in [-0.4, -0.2) is 65.7 Å². The summed E-state index contributed by atoms with van der Waals surface area (Å²) >= 11 is 0. The Labute approximate surface area is 327 Å². The molecule has 9 rings (SSSR count). The van der Waals surface area contributed by atoms with Gasteiger partial charge in [-0.1, -0.05) is 97.1 Å². The van der Waals surface area contributed by atoms with E-state index in [-0.39, 0.29) is 101 Å². The molecule has 0 amide bonds. The van der Waals surface area contributed by atoms with Crippen LogP contribution in [-0.2, 0) is 0 Å². The first-order valence-electron chi connectivity index (χ1n) is 13.0. The normalized spacial score (nSPS) is 8.42. The van der Waals surface area contributed by atoms with E-state index in [1.807, 2.05) is 97.1 Å². The van der Waals surface area contributed by atoms with E-state index < -0.39 is 0 Å². The van der Waals surface area contributed by atoms with Gasteiger partial charge in [0.25, 0.3) is 0 Å². The summed E-state index contributed by atoms with van der Waals surface area (Å²) in [5, 5.41) is 3.82. The minimum absolute atomic E-state index is 0. The largest absolute Gasteiger partial charge is 0.324 e. The van der Waals surface area contributed by atoms with Gasteiger partial charge < -0.3 is 9.97 Å². The second kappa shape index (κ2) is 27.6. The van der Waals surface area contributed by atoms with Gasteiger partial charge in [0, 0.05) is 43.8 Å². The molecule has 2 N–H and O–H groups in total. The maximum absolute atomic E-state index is 5.02. The van der Waals surface area contributed by atoms with E-state index >= 15 is 0 Å². The molecule has 8 nitrogen and oxygen atoms in total. The number of nitrogens with one attached hydrogen (secondary N) is 2. The first-order valence-corrected chi connectivity index (χ1v) is 13.0. The summed E-state index contributed by atoms with van der Waals surface area (Å²) in [5.41, 5.74) is 6.45. The van der Waals surface area contributed by atoms with Crippen molar-refractivity contribution in [3.63, 3.8) is 0 Å². The smallest absolute Gasteiger partial charge is 0.164 e. The van der Waals surface area contributed by atoms with Gasteiger partial charge in [-0.25, -0.2) is 29.9 Å². The quantitative estimate of drug-likeness (QED) is 0.149. The van der Waals surface area contributed by atoms with Gasteiger partial charge in [0.05, 0.1) is 0 Å². The molecule has 0 radical (unpaired) electrons. The van der Waals surface area contributed by atoms with E-state index in [9.17, 15) is 0 Å². The van der Waals surface area contributed by atoms with Crippen LogP contribution in [0.1, 0.15) is 0 Å². The molecular weight excluding hydrogens is 915 g/mol. The Morgan fingerprint density at radius 2 is 0.421 bits per heavy atom. The van der Waals surface area contributed by atoms with Gasteiger partial charge in [0.2, 0.25) is 0 Å². The van der Waals surface area contributed by atoms with Gasteiger partial charge >= 0.3 is 25.8 Å². The van der Waals surface area contributed by atoms with E-state index in [0.29, 0.717) is 45.9 Å². The monoisotopic (exact) mass is 952 g/mol. The van der Waals surface area contributed by atoms with Crippen molar-refractivity contribution in [1.82, 2.24) is 39.9 Å². The molecule has 5 heterocycles. The fourth-order valence-corrected chi connectivity index (χ4v) is 5.59. The Balaban J connectivity index is -0.000000194. The molecule has 7 aromatic rings. The number of H-pyrrole nitrogens is 2. The molecule has 57 heavy (non-hydrogen) atoms. The zero-order chi connectivity index (χ0) is 26.2. The molecule has 0 spiro atoms. The number of benzene rings is 4. The van der Waals surface area contributed by atoms with Gasteiger partial charge in [0.1, 0.15) is 22.6 Å². The van der Waals surface area contributed by atoms with Crippen LogP contribution in [0.5, 0.6) is 0 Å². The van der Waals surface area contributed by atoms with E-state index in [1.165, 1.54) is 0 Å². The van der Waals surface area contributed by atoms with Gasteiger partial charge in [-0.2, -0.15) is 0 Å². The summed E-state index contributed by atoms with van der Waals surface area (Å²) in [5.74, 6) is 2.39. The molecule has 0 saturated heterocycles. The summed E-state index contributed by atoms with van der Waals surface area (Å²) in [6.07, 6.45) is 0. The molecule has 2 aliphatic heterocycles. The molecular formula is C32H37F16InN8. The van der Waals surface area contributed by atoms with Crippen molar-refractivity contribution in [2.45, 2.75) is 0 Å². The number of nitrogens with zero attached hydrogens (tertiary/aromatic N) is 6. The number of hydrogen-bond acceptors (Lipinski definition) is 6. The second-order valence-corrected chi connectivity index (χ2v) is 9.79. The number of aromatic amines is 2. The molecule has 0 fully saturated rings. The van der Waals surface area contributed by atoms with Gasteiger partial charge in [-0.05, 0) is 0 Å². The maximum Gasteiger partial charge on any atom is 0.164 e. The second-order valence-electron chi connectivity index (χ2n) is 9.79. The van der Waals surface area contributed by atoms with Gasteiger partial charge in [-0.3, -0.25) is 75.3 Å². The Bertz CT molecular complexity index is 2080. The van der Waals surface area contributed by atoms with Crippen LogP contribution in [0.3, 0.4) is 0 Å². The van der Waals surface area contributed by atoms with E-state index in [1.54, 1.807) is 0 Å². The van der Waals surface area contributed by atoms with Crippen LogP contribution in [0.4, 0.5) is 75.3 Å². The third-order valence-electron chi connectivity index (χ3n) is 7.46. The standard InChI is InChI=1S/C32H18N8.16FH.In.3H/c1-2-10-18-17(9-1)25-33-26(18)38-28-21-13-5-6-14-22(21)30(35-28)40-32-24-16-8-7-15-23(24)31(36-32)39-29-20-12-4-3-11-19(20)27(34-29)37-25;;;;;;;;;;;;;;;;;;;;/h1-16H,(H2,33,34,35,36,37,38,39,40);16*1H;;;;. The van der Waals surface area contributed by atoms with Crippen molar-refractivity contribution in [3.05, 3.63) is 97.1 Å². The molecule has 0 aliphatic carbocycles. The number of rotatable bonds is 0. The molecule has 8 bridgehead atoms. The Hall–Kier alpha value is -6.01. The topological polar surface area (TPSA) is 109 Å². The van der Waals surface area contributed by atoms with Crippen molar-refractivity contribution < 1.29 is 75.3 Å². The average molecular weight is 952 g/mol. The fraction of sp³-hybridized carbons (Fsp3) is 0. The Morgan fingerprint density at radius 3 is 0.614 bits per heavy atom. The number of hydrogen-bond donors (Lipinski definition) is 2. The SMILES string of the molecule is F.F.F.F.F.F.F.F.F.F.F.F.F.F.F.F.[InH3].c1ccc2c(c1)-c1nc-2nc2[nH]c(nc3nc(nc4[nH]c(n1)c1ccccc41)-c1ccccc1-3)c1ccccc21. The first-order chi connectivity index (χ1) is 19.8. The average Bonchev–Trinajstić information content (AvgIpc) is 3.73. The summed E-state index contributed by atoms with van der Waals surface area (Å²) in [6, 6.07) is 32.2. The fourth-order valence-electron chi connectivity index (χ4n) is 5.59. The Kier molecular flexibility index (Phi) is 34.9. The Morgan fingerprint density at radius 1 is 0.246 bits per heavy atom. The molecule has 3 aromatic heterocycles. The summed E-state index contributed by atoms with van der Waals surface area (Å²) in [4.78, 5) is 36.8. The van der Waals surface area contributed by atoms with Crippen LogP contribution in [0.25, 0.3) is 89.7 Å². The van der Waals surface area contributed by atoms with E-state index in [0.717, 1.165) is 43.8 Å². The molecule has 320 valence electrons. The molecule has 2 aliphatic rings. The van der Waals surface area contributed by atoms with Gasteiger partial charge in [-0.15, -0.1) is 0 Å². The third kappa shape index (κ3) is 11.1. The van der Waals surface area contributed by atoms with Crippen molar-refractivity contribution in [3.8, 4) is 45.6 Å². The molecule has 0 unspecified atom stereocenters. The van der Waals surface area contributed by atoms with Crippen molar-refractivity contribution in [2.24, 2.45) is 0 Å². The predicted molar refractivity (Wildman–Crippen MR) is 206 cm³/mol. The minimum atomic E-state index is 0. The van der Waals surface area contributed by atoms with Crippen LogP contribution in [0.15, 0.2) is 97.1 Å². The van der Waals surface area contributed by atoms with E-state index in [4.69, 9.17) is 29.9 Å². The number of aromatic nitrogens is 8. The summed E-state index contributed by atoms with van der Waals surface area (Å²) in [7, 11) is 0. The summed E-state index contributed by atoms with van der Waals surface area (Å²) < 4.78 is 0. The van der Waals surface area contributed by atoms with E-state index in [2.05, 4.69) is 9.97 Å². The number of fused-ring (bicyclic) bond motifs is 20. The van der Waals surface area contributed by atoms with Crippen molar-refractivity contribution >= 4 is 70.0 Å². The van der Waals surface area contributed by atoms with Crippen LogP contribution >= 0.6 is 0 Å². The molecule has 25 heteroatoms. The maximum atomic E-state index is 5.02. The zero-order valence-corrected chi connectivity index (χ0v) is 27.5. The molecule has 4 aromatic carbocycles. The first kappa shape index (κ1) is 72.3. The van der Waals surface area contributed by atoms with Crippen LogP contribution in [0.2, 0.25) is 0 Å². The minimum Gasteiger partial charge on any atom is -0.324 e. The van der Waals surface area contributed by atoms with Crippen molar-refractivity contribution in [2.75, 3.05) is 0 Å². The van der Waals surface area contributed by atoms with Crippen LogP contribution < -0.4 is 0 Å². The molecule has 0 atom stereocenters. The van der Waals surface area contributed by atoms with Gasteiger partial charge in [0.15, 0.2) is 23.3 Å². The summed E-state index contributed by atoms with van der Waals surface area (Å²) in [6.45, 7) is 0. The van der Waals surface area contributed by atoms with Crippen LogP contribution in [0, 0.1) is 0 Å².